The van der Waals surface area contributed by atoms with E-state index >= 15 is 0 Å². The molecule has 1 amide bonds. The summed E-state index contributed by atoms with van der Waals surface area (Å²) in [4.78, 5) is 12.2. The average Bonchev–Trinajstić information content (AvgIpc) is 3.25. The SMILES string of the molecule is O=C(CCc1ccco1)Nc1cccc(-c2nnc3n2CCCCC3)c1. The number of carbonyl (C=O) groups is 1. The molecule has 6 heteroatoms. The minimum absolute atomic E-state index is 0.0291. The zero-order valence-electron chi connectivity index (χ0n) is 14.6. The predicted octanol–water partition coefficient (Wildman–Crippen LogP) is 3.84. The van der Waals surface area contributed by atoms with Crippen molar-refractivity contribution < 1.29 is 9.21 Å². The summed E-state index contributed by atoms with van der Waals surface area (Å²) in [5.74, 6) is 2.73. The first-order valence-electron chi connectivity index (χ1n) is 9.14. The van der Waals surface area contributed by atoms with Crippen LogP contribution in [0.15, 0.2) is 47.1 Å². The molecular weight excluding hydrogens is 328 g/mol. The number of anilines is 1. The van der Waals surface area contributed by atoms with Gasteiger partial charge in [-0.15, -0.1) is 10.2 Å². The molecule has 0 aliphatic carbocycles. The van der Waals surface area contributed by atoms with Gasteiger partial charge in [0.1, 0.15) is 11.6 Å². The van der Waals surface area contributed by atoms with Crippen molar-refractivity contribution in [3.63, 3.8) is 0 Å². The third-order valence-electron chi connectivity index (χ3n) is 4.69. The lowest BCUT2D eigenvalue weighted by atomic mass is 10.1. The van der Waals surface area contributed by atoms with E-state index in [1.807, 2.05) is 36.4 Å². The average molecular weight is 350 g/mol. The summed E-state index contributed by atoms with van der Waals surface area (Å²) in [7, 11) is 0. The van der Waals surface area contributed by atoms with Crippen molar-refractivity contribution in [3.8, 4) is 11.4 Å². The van der Waals surface area contributed by atoms with E-state index in [9.17, 15) is 4.79 Å². The lowest BCUT2D eigenvalue weighted by Gasteiger charge is -2.09. The number of rotatable bonds is 5. The zero-order valence-corrected chi connectivity index (χ0v) is 14.6. The normalized spacial score (nSPS) is 13.8. The van der Waals surface area contributed by atoms with E-state index in [0.717, 1.165) is 48.0 Å². The molecule has 0 unspecified atom stereocenters. The van der Waals surface area contributed by atoms with E-state index < -0.39 is 0 Å². The van der Waals surface area contributed by atoms with E-state index in [4.69, 9.17) is 4.42 Å². The number of nitrogens with one attached hydrogen (secondary N) is 1. The van der Waals surface area contributed by atoms with E-state index in [0.29, 0.717) is 12.8 Å². The number of hydrogen-bond acceptors (Lipinski definition) is 4. The summed E-state index contributed by atoms with van der Waals surface area (Å²) >= 11 is 0. The van der Waals surface area contributed by atoms with Crippen LogP contribution < -0.4 is 5.32 Å². The molecule has 2 aromatic heterocycles. The molecule has 0 fully saturated rings. The Morgan fingerprint density at radius 3 is 3.00 bits per heavy atom. The van der Waals surface area contributed by atoms with Gasteiger partial charge in [-0.3, -0.25) is 4.79 Å². The van der Waals surface area contributed by atoms with Crippen molar-refractivity contribution in [2.45, 2.75) is 45.1 Å². The van der Waals surface area contributed by atoms with Crippen LogP contribution in [-0.2, 0) is 24.2 Å². The molecule has 3 heterocycles. The largest absolute Gasteiger partial charge is 0.469 e. The van der Waals surface area contributed by atoms with Crippen molar-refractivity contribution >= 4 is 11.6 Å². The van der Waals surface area contributed by atoms with Crippen molar-refractivity contribution in [2.24, 2.45) is 0 Å². The number of benzene rings is 1. The highest BCUT2D eigenvalue weighted by Crippen LogP contribution is 2.25. The first kappa shape index (κ1) is 16.6. The molecular formula is C20H22N4O2. The van der Waals surface area contributed by atoms with Crippen LogP contribution in [0, 0.1) is 0 Å². The minimum atomic E-state index is -0.0291. The number of amides is 1. The fraction of sp³-hybridized carbons (Fsp3) is 0.350. The molecule has 1 aliphatic heterocycles. The molecule has 3 aromatic rings. The highest BCUT2D eigenvalue weighted by molar-refractivity contribution is 5.91. The Morgan fingerprint density at radius 2 is 2.12 bits per heavy atom. The molecule has 1 N–H and O–H groups in total. The Hall–Kier alpha value is -2.89. The smallest absolute Gasteiger partial charge is 0.224 e. The Balaban J connectivity index is 1.47. The van der Waals surface area contributed by atoms with Crippen molar-refractivity contribution in [1.29, 1.82) is 0 Å². The molecule has 0 bridgehead atoms. The molecule has 26 heavy (non-hydrogen) atoms. The summed E-state index contributed by atoms with van der Waals surface area (Å²) in [6.45, 7) is 0.956. The summed E-state index contributed by atoms with van der Waals surface area (Å²) < 4.78 is 7.48. The number of nitrogens with zero attached hydrogens (tertiary/aromatic N) is 3. The van der Waals surface area contributed by atoms with Crippen LogP contribution in [-0.4, -0.2) is 20.7 Å². The van der Waals surface area contributed by atoms with Crippen molar-refractivity contribution in [1.82, 2.24) is 14.8 Å². The van der Waals surface area contributed by atoms with Gasteiger partial charge in [0.15, 0.2) is 5.82 Å². The monoisotopic (exact) mass is 350 g/mol. The zero-order chi connectivity index (χ0) is 17.8. The van der Waals surface area contributed by atoms with Gasteiger partial charge in [0.05, 0.1) is 6.26 Å². The van der Waals surface area contributed by atoms with Crippen LogP contribution in [0.5, 0.6) is 0 Å². The van der Waals surface area contributed by atoms with Gasteiger partial charge in [0.25, 0.3) is 0 Å². The summed E-state index contributed by atoms with van der Waals surface area (Å²) in [5, 5.41) is 11.7. The Morgan fingerprint density at radius 1 is 1.15 bits per heavy atom. The summed E-state index contributed by atoms with van der Waals surface area (Å²) in [5.41, 5.74) is 1.76. The van der Waals surface area contributed by atoms with Crippen LogP contribution in [0.1, 0.15) is 37.3 Å². The number of carbonyl (C=O) groups excluding carboxylic acids is 1. The Bertz CT molecular complexity index is 883. The van der Waals surface area contributed by atoms with E-state index in [-0.39, 0.29) is 5.91 Å². The van der Waals surface area contributed by atoms with Crippen LogP contribution in [0.25, 0.3) is 11.4 Å². The molecule has 1 aliphatic rings. The third-order valence-corrected chi connectivity index (χ3v) is 4.69. The Labute approximate surface area is 152 Å². The maximum absolute atomic E-state index is 12.2. The molecule has 0 saturated carbocycles. The van der Waals surface area contributed by atoms with E-state index in [2.05, 4.69) is 20.1 Å². The van der Waals surface area contributed by atoms with Crippen LogP contribution >= 0.6 is 0 Å². The number of furan rings is 1. The van der Waals surface area contributed by atoms with Crippen molar-refractivity contribution in [2.75, 3.05) is 5.32 Å². The maximum atomic E-state index is 12.2. The van der Waals surface area contributed by atoms with E-state index in [1.165, 1.54) is 12.8 Å². The summed E-state index contributed by atoms with van der Waals surface area (Å²) in [6, 6.07) is 11.5. The van der Waals surface area contributed by atoms with Gasteiger partial charge < -0.3 is 14.3 Å². The predicted molar refractivity (Wildman–Crippen MR) is 98.7 cm³/mol. The standard InChI is InChI=1S/C20H22N4O2/c25-19(11-10-17-8-5-13-26-17)21-16-7-4-6-15(14-16)20-23-22-18-9-2-1-3-12-24(18)20/h4-8,13-14H,1-3,9-12H2,(H,21,25). The second-order valence-corrected chi connectivity index (χ2v) is 6.61. The molecule has 1 aromatic carbocycles. The molecule has 134 valence electrons. The molecule has 0 spiro atoms. The first-order valence-corrected chi connectivity index (χ1v) is 9.14. The summed E-state index contributed by atoms with van der Waals surface area (Å²) in [6.07, 6.45) is 7.14. The van der Waals surface area contributed by atoms with Gasteiger partial charge in [-0.1, -0.05) is 18.6 Å². The molecule has 0 radical (unpaired) electrons. The lowest BCUT2D eigenvalue weighted by molar-refractivity contribution is -0.116. The Kier molecular flexibility index (Phi) is 4.82. The van der Waals surface area contributed by atoms with Gasteiger partial charge in [-0.25, -0.2) is 0 Å². The lowest BCUT2D eigenvalue weighted by Crippen LogP contribution is -2.12. The van der Waals surface area contributed by atoms with Gasteiger partial charge in [-0.05, 0) is 37.1 Å². The number of hydrogen-bond donors (Lipinski definition) is 1. The topological polar surface area (TPSA) is 73.0 Å². The van der Waals surface area contributed by atoms with Gasteiger partial charge >= 0.3 is 0 Å². The third kappa shape index (κ3) is 3.69. The highest BCUT2D eigenvalue weighted by Gasteiger charge is 2.16. The van der Waals surface area contributed by atoms with E-state index in [1.54, 1.807) is 6.26 Å². The van der Waals surface area contributed by atoms with Crippen molar-refractivity contribution in [3.05, 3.63) is 54.2 Å². The molecule has 0 saturated heterocycles. The van der Waals surface area contributed by atoms with Crippen LogP contribution in [0.2, 0.25) is 0 Å². The fourth-order valence-corrected chi connectivity index (χ4v) is 3.35. The van der Waals surface area contributed by atoms with Gasteiger partial charge in [0, 0.05) is 37.1 Å². The second-order valence-electron chi connectivity index (χ2n) is 6.61. The molecule has 0 atom stereocenters. The minimum Gasteiger partial charge on any atom is -0.469 e. The molecule has 6 nitrogen and oxygen atoms in total. The van der Waals surface area contributed by atoms with Crippen LogP contribution in [0.4, 0.5) is 5.69 Å². The fourth-order valence-electron chi connectivity index (χ4n) is 3.35. The quantitative estimate of drug-likeness (QED) is 0.759. The number of aromatic nitrogens is 3. The maximum Gasteiger partial charge on any atom is 0.224 e. The van der Waals surface area contributed by atoms with Crippen LogP contribution in [0.3, 0.4) is 0 Å². The first-order chi connectivity index (χ1) is 12.8. The van der Waals surface area contributed by atoms with Gasteiger partial charge in [0.2, 0.25) is 5.91 Å². The van der Waals surface area contributed by atoms with Gasteiger partial charge in [-0.2, -0.15) is 0 Å². The number of fused-ring (bicyclic) bond motifs is 1. The molecule has 4 rings (SSSR count). The highest BCUT2D eigenvalue weighted by atomic mass is 16.3. The number of aryl methyl sites for hydroxylation is 2. The second kappa shape index (κ2) is 7.56.